The van der Waals surface area contributed by atoms with Crippen LogP contribution in [0, 0.1) is 16.7 Å². The summed E-state index contributed by atoms with van der Waals surface area (Å²) in [5, 5.41) is 8.53. The maximum absolute atomic E-state index is 11.0. The molecule has 0 heterocycles. The minimum absolute atomic E-state index is 0.137. The van der Waals surface area contributed by atoms with Crippen LogP contribution in [-0.4, -0.2) is 12.2 Å². The molecular formula is C6H8N2OS. The summed E-state index contributed by atoms with van der Waals surface area (Å²) in [7, 11) is 0. The van der Waals surface area contributed by atoms with Gasteiger partial charge in [-0.1, -0.05) is 11.9 Å². The van der Waals surface area contributed by atoms with Crippen molar-refractivity contribution < 1.29 is 4.79 Å². The number of nitriles is 1. The van der Waals surface area contributed by atoms with Crippen LogP contribution >= 0.6 is 11.9 Å². The van der Waals surface area contributed by atoms with Gasteiger partial charge in [0.05, 0.1) is 6.07 Å². The molecule has 10 heavy (non-hydrogen) atoms. The van der Waals surface area contributed by atoms with Crippen molar-refractivity contribution in [2.45, 2.75) is 12.8 Å². The van der Waals surface area contributed by atoms with E-state index in [2.05, 4.69) is 4.72 Å². The number of carbonyl (C=O) groups excluding carboxylic acids is 1. The summed E-state index contributed by atoms with van der Waals surface area (Å²) in [5.41, 5.74) is -0.664. The Morgan fingerprint density at radius 2 is 2.40 bits per heavy atom. The summed E-state index contributed by atoms with van der Waals surface area (Å²) >= 11 is 1.24. The van der Waals surface area contributed by atoms with Gasteiger partial charge in [-0.25, -0.2) is 0 Å². The number of hydrogen-bond acceptors (Lipinski definition) is 3. The molecule has 1 saturated carbocycles. The molecule has 1 rings (SSSR count). The lowest BCUT2D eigenvalue weighted by atomic mass is 10.1. The third-order valence-electron chi connectivity index (χ3n) is 1.59. The van der Waals surface area contributed by atoms with Crippen LogP contribution in [0.4, 0.5) is 0 Å². The predicted molar refractivity (Wildman–Crippen MR) is 38.9 cm³/mol. The Morgan fingerprint density at radius 1 is 1.80 bits per heavy atom. The summed E-state index contributed by atoms with van der Waals surface area (Å²) in [5.74, 6) is -0.137. The van der Waals surface area contributed by atoms with Crippen molar-refractivity contribution in [1.82, 2.24) is 4.72 Å². The Kier molecular flexibility index (Phi) is 1.86. The van der Waals surface area contributed by atoms with Gasteiger partial charge in [-0.3, -0.25) is 9.52 Å². The van der Waals surface area contributed by atoms with Crippen LogP contribution in [0.5, 0.6) is 0 Å². The third kappa shape index (κ3) is 1.09. The lowest BCUT2D eigenvalue weighted by Gasteiger charge is -2.02. The Balaban J connectivity index is 2.50. The maximum Gasteiger partial charge on any atom is 0.250 e. The zero-order valence-electron chi connectivity index (χ0n) is 5.68. The van der Waals surface area contributed by atoms with E-state index in [1.807, 2.05) is 6.07 Å². The van der Waals surface area contributed by atoms with E-state index in [-0.39, 0.29) is 5.91 Å². The van der Waals surface area contributed by atoms with Crippen molar-refractivity contribution >= 4 is 17.9 Å². The second-order valence-corrected chi connectivity index (χ2v) is 2.94. The fourth-order valence-corrected chi connectivity index (χ4v) is 1.09. The van der Waals surface area contributed by atoms with Crippen molar-refractivity contribution in [3.8, 4) is 6.07 Å². The maximum atomic E-state index is 11.0. The van der Waals surface area contributed by atoms with E-state index >= 15 is 0 Å². The van der Waals surface area contributed by atoms with Crippen LogP contribution < -0.4 is 4.72 Å². The monoisotopic (exact) mass is 156 g/mol. The molecule has 0 radical (unpaired) electrons. The van der Waals surface area contributed by atoms with Crippen molar-refractivity contribution in [2.75, 3.05) is 6.26 Å². The molecule has 0 atom stereocenters. The molecule has 1 N–H and O–H groups in total. The lowest BCUT2D eigenvalue weighted by molar-refractivity contribution is -0.122. The van der Waals surface area contributed by atoms with Gasteiger partial charge in [0, 0.05) is 6.26 Å². The molecule has 0 aliphatic heterocycles. The molecule has 1 fully saturated rings. The predicted octanol–water partition coefficient (Wildman–Crippen LogP) is 0.684. The minimum atomic E-state index is -0.664. The highest BCUT2D eigenvalue weighted by Crippen LogP contribution is 2.45. The van der Waals surface area contributed by atoms with Crippen molar-refractivity contribution in [3.63, 3.8) is 0 Å². The molecule has 0 bridgehead atoms. The average molecular weight is 156 g/mol. The number of rotatable bonds is 2. The number of nitrogens with zero attached hydrogens (tertiary/aromatic N) is 1. The number of carbonyl (C=O) groups is 1. The summed E-state index contributed by atoms with van der Waals surface area (Å²) < 4.78 is 2.55. The normalized spacial score (nSPS) is 19.2. The zero-order chi connectivity index (χ0) is 7.61. The van der Waals surface area contributed by atoms with E-state index in [0.717, 1.165) is 12.8 Å². The van der Waals surface area contributed by atoms with Crippen LogP contribution in [0.25, 0.3) is 0 Å². The Morgan fingerprint density at radius 3 is 2.70 bits per heavy atom. The van der Waals surface area contributed by atoms with E-state index in [1.165, 1.54) is 11.9 Å². The third-order valence-corrected chi connectivity index (χ3v) is 1.98. The molecule has 54 valence electrons. The SMILES string of the molecule is CSNC(=O)C1(C#N)CC1. The second-order valence-electron chi connectivity index (χ2n) is 2.33. The molecule has 0 unspecified atom stereocenters. The highest BCUT2D eigenvalue weighted by molar-refractivity contribution is 7.97. The Labute approximate surface area is 63.9 Å². The second kappa shape index (κ2) is 2.51. The number of hydrogen-bond donors (Lipinski definition) is 1. The molecule has 4 heteroatoms. The van der Waals surface area contributed by atoms with E-state index in [0.29, 0.717) is 0 Å². The van der Waals surface area contributed by atoms with Crippen molar-refractivity contribution in [1.29, 1.82) is 5.26 Å². The van der Waals surface area contributed by atoms with Gasteiger partial charge in [0.25, 0.3) is 0 Å². The van der Waals surface area contributed by atoms with E-state index < -0.39 is 5.41 Å². The summed E-state index contributed by atoms with van der Waals surface area (Å²) in [6, 6.07) is 2.01. The Bertz CT molecular complexity index is 192. The van der Waals surface area contributed by atoms with Crippen LogP contribution in [0.3, 0.4) is 0 Å². The summed E-state index contributed by atoms with van der Waals surface area (Å²) in [4.78, 5) is 11.0. The first-order valence-electron chi connectivity index (χ1n) is 3.00. The van der Waals surface area contributed by atoms with Crippen molar-refractivity contribution in [3.05, 3.63) is 0 Å². The van der Waals surface area contributed by atoms with Gasteiger partial charge in [0.1, 0.15) is 5.41 Å². The van der Waals surface area contributed by atoms with Gasteiger partial charge in [-0.15, -0.1) is 0 Å². The smallest absolute Gasteiger partial charge is 0.250 e. The molecule has 3 nitrogen and oxygen atoms in total. The Hall–Kier alpha value is -0.690. The van der Waals surface area contributed by atoms with Gasteiger partial charge in [-0.05, 0) is 12.8 Å². The summed E-state index contributed by atoms with van der Waals surface area (Å²) in [6.45, 7) is 0. The van der Waals surface area contributed by atoms with Crippen LogP contribution in [0.2, 0.25) is 0 Å². The van der Waals surface area contributed by atoms with Crippen LogP contribution in [0.15, 0.2) is 0 Å². The van der Waals surface area contributed by atoms with Crippen molar-refractivity contribution in [2.24, 2.45) is 5.41 Å². The molecule has 0 spiro atoms. The van der Waals surface area contributed by atoms with E-state index in [1.54, 1.807) is 6.26 Å². The fraction of sp³-hybridized carbons (Fsp3) is 0.667. The average Bonchev–Trinajstić information content (AvgIpc) is 2.68. The first-order valence-corrected chi connectivity index (χ1v) is 4.22. The molecule has 0 saturated heterocycles. The largest absolute Gasteiger partial charge is 0.299 e. The molecule has 1 aliphatic carbocycles. The topological polar surface area (TPSA) is 52.9 Å². The van der Waals surface area contributed by atoms with Gasteiger partial charge in [0.15, 0.2) is 0 Å². The zero-order valence-corrected chi connectivity index (χ0v) is 6.49. The molecule has 1 amide bonds. The summed E-state index contributed by atoms with van der Waals surface area (Å²) in [6.07, 6.45) is 3.21. The van der Waals surface area contributed by atoms with Gasteiger partial charge in [-0.2, -0.15) is 5.26 Å². The number of amides is 1. The molecule has 0 aromatic rings. The van der Waals surface area contributed by atoms with Gasteiger partial charge >= 0.3 is 0 Å². The quantitative estimate of drug-likeness (QED) is 0.598. The highest BCUT2D eigenvalue weighted by atomic mass is 32.2. The van der Waals surface area contributed by atoms with Crippen LogP contribution in [-0.2, 0) is 4.79 Å². The first kappa shape index (κ1) is 7.42. The fourth-order valence-electron chi connectivity index (χ4n) is 0.705. The van der Waals surface area contributed by atoms with Crippen LogP contribution in [0.1, 0.15) is 12.8 Å². The minimum Gasteiger partial charge on any atom is -0.299 e. The standard InChI is InChI=1S/C6H8N2OS/c1-10-8-5(9)6(4-7)2-3-6/h2-3H2,1H3,(H,8,9). The van der Waals surface area contributed by atoms with Gasteiger partial charge < -0.3 is 0 Å². The lowest BCUT2D eigenvalue weighted by Crippen LogP contribution is -2.25. The molecule has 1 aliphatic rings. The van der Waals surface area contributed by atoms with Gasteiger partial charge in [0.2, 0.25) is 5.91 Å². The molecule has 0 aromatic heterocycles. The van der Waals surface area contributed by atoms with E-state index in [4.69, 9.17) is 5.26 Å². The number of nitrogens with one attached hydrogen (secondary N) is 1. The first-order chi connectivity index (χ1) is 4.75. The highest BCUT2D eigenvalue weighted by Gasteiger charge is 2.50. The van der Waals surface area contributed by atoms with E-state index in [9.17, 15) is 4.79 Å². The molecular weight excluding hydrogens is 148 g/mol. The molecule has 0 aromatic carbocycles.